The van der Waals surface area contributed by atoms with Crippen LogP contribution >= 0.6 is 0 Å². The van der Waals surface area contributed by atoms with Gasteiger partial charge < -0.3 is 5.73 Å². The fourth-order valence-electron chi connectivity index (χ4n) is 0.209. The van der Waals surface area contributed by atoms with Crippen molar-refractivity contribution in [2.75, 3.05) is 6.61 Å². The Balaban J connectivity index is 3.10. The fraction of sp³-hybridized carbons (Fsp3) is 0.500. The Hall–Kier alpha value is -1.10. The maximum absolute atomic E-state index is 10.0. The lowest BCUT2D eigenvalue weighted by molar-refractivity contribution is -0.136. The summed E-state index contributed by atoms with van der Waals surface area (Å²) in [5.41, 5.74) is 6.60. The van der Waals surface area contributed by atoms with Crippen molar-refractivity contribution in [3.8, 4) is 0 Å². The van der Waals surface area contributed by atoms with Crippen molar-refractivity contribution in [2.45, 2.75) is 6.92 Å². The zero-order chi connectivity index (χ0) is 7.28. The summed E-state index contributed by atoms with van der Waals surface area (Å²) < 4.78 is 0. The van der Waals surface area contributed by atoms with Crippen molar-refractivity contribution in [1.82, 2.24) is 5.48 Å². The summed E-state index contributed by atoms with van der Waals surface area (Å²) >= 11 is 0. The van der Waals surface area contributed by atoms with Gasteiger partial charge in [0.2, 0.25) is 11.8 Å². The molecule has 0 saturated heterocycles. The summed E-state index contributed by atoms with van der Waals surface area (Å²) in [5, 5.41) is 0. The number of nitrogens with two attached hydrogens (primary N) is 1. The third kappa shape index (κ3) is 6.90. The summed E-state index contributed by atoms with van der Waals surface area (Å²) in [7, 11) is 0. The van der Waals surface area contributed by atoms with Crippen LogP contribution in [-0.2, 0) is 14.4 Å². The van der Waals surface area contributed by atoms with Gasteiger partial charge in [0, 0.05) is 6.92 Å². The highest BCUT2D eigenvalue weighted by Crippen LogP contribution is 1.64. The minimum Gasteiger partial charge on any atom is -0.368 e. The molecule has 0 aliphatic rings. The number of carbonyl (C=O) groups is 2. The molecule has 0 radical (unpaired) electrons. The van der Waals surface area contributed by atoms with Gasteiger partial charge in [0.1, 0.15) is 0 Å². The largest absolute Gasteiger partial charge is 0.368 e. The van der Waals surface area contributed by atoms with Crippen LogP contribution in [-0.4, -0.2) is 18.4 Å². The number of hydroxylamine groups is 1. The normalized spacial score (nSPS) is 8.56. The average molecular weight is 132 g/mol. The van der Waals surface area contributed by atoms with Crippen molar-refractivity contribution in [3.05, 3.63) is 0 Å². The second-order valence-electron chi connectivity index (χ2n) is 1.41. The predicted molar refractivity (Wildman–Crippen MR) is 29.0 cm³/mol. The van der Waals surface area contributed by atoms with E-state index in [-0.39, 0.29) is 12.5 Å². The van der Waals surface area contributed by atoms with Crippen LogP contribution in [0.25, 0.3) is 0 Å². The molecule has 0 spiro atoms. The predicted octanol–water partition coefficient (Wildman–Crippen LogP) is -1.46. The summed E-state index contributed by atoms with van der Waals surface area (Å²) in [6, 6.07) is 0. The number of nitrogens with one attached hydrogen (secondary N) is 1. The molecule has 0 unspecified atom stereocenters. The average Bonchev–Trinajstić information content (AvgIpc) is 1.63. The maximum atomic E-state index is 10.0. The van der Waals surface area contributed by atoms with Gasteiger partial charge in [0.05, 0.1) is 0 Å². The third-order valence-electron chi connectivity index (χ3n) is 0.430. The second kappa shape index (κ2) is 3.85. The summed E-state index contributed by atoms with van der Waals surface area (Å²) in [4.78, 5) is 24.2. The standard InChI is InChI=1S/C4H8N2O3/c1-3(7)6-9-2-4(5)8/h2H2,1H3,(H2,5,8)(H,6,7). The van der Waals surface area contributed by atoms with Crippen LogP contribution in [0.15, 0.2) is 0 Å². The molecular formula is C4H8N2O3. The van der Waals surface area contributed by atoms with E-state index in [4.69, 9.17) is 0 Å². The third-order valence-corrected chi connectivity index (χ3v) is 0.430. The molecule has 9 heavy (non-hydrogen) atoms. The monoisotopic (exact) mass is 132 g/mol. The summed E-state index contributed by atoms with van der Waals surface area (Å²) in [5.74, 6) is -0.986. The molecular weight excluding hydrogens is 124 g/mol. The molecule has 0 aliphatic carbocycles. The van der Waals surface area contributed by atoms with Gasteiger partial charge in [0.15, 0.2) is 6.61 Å². The van der Waals surface area contributed by atoms with Gasteiger partial charge in [-0.05, 0) is 0 Å². The van der Waals surface area contributed by atoms with Gasteiger partial charge in [-0.15, -0.1) is 0 Å². The maximum Gasteiger partial charge on any atom is 0.246 e. The zero-order valence-corrected chi connectivity index (χ0v) is 5.01. The van der Waals surface area contributed by atoms with Crippen molar-refractivity contribution >= 4 is 11.8 Å². The molecule has 0 aromatic rings. The molecule has 0 bridgehead atoms. The second-order valence-corrected chi connectivity index (χ2v) is 1.41. The first-order valence-corrected chi connectivity index (χ1v) is 2.29. The molecule has 0 rings (SSSR count). The highest BCUT2D eigenvalue weighted by molar-refractivity contribution is 5.75. The fourth-order valence-corrected chi connectivity index (χ4v) is 0.209. The number of hydrogen-bond donors (Lipinski definition) is 2. The van der Waals surface area contributed by atoms with E-state index in [1.165, 1.54) is 6.92 Å². The van der Waals surface area contributed by atoms with Gasteiger partial charge in [-0.1, -0.05) is 0 Å². The first-order chi connectivity index (χ1) is 4.13. The number of carbonyl (C=O) groups excluding carboxylic acids is 2. The van der Waals surface area contributed by atoms with Gasteiger partial charge in [-0.3, -0.25) is 14.4 Å². The van der Waals surface area contributed by atoms with Crippen molar-refractivity contribution in [1.29, 1.82) is 0 Å². The van der Waals surface area contributed by atoms with Crippen molar-refractivity contribution in [2.24, 2.45) is 5.73 Å². The molecule has 2 amide bonds. The molecule has 0 aromatic heterocycles. The molecule has 5 nitrogen and oxygen atoms in total. The molecule has 0 saturated carbocycles. The van der Waals surface area contributed by atoms with Gasteiger partial charge >= 0.3 is 0 Å². The molecule has 0 aliphatic heterocycles. The van der Waals surface area contributed by atoms with E-state index in [1.54, 1.807) is 0 Å². The Morgan fingerprint density at radius 2 is 2.22 bits per heavy atom. The van der Waals surface area contributed by atoms with E-state index in [1.807, 2.05) is 5.48 Å². The van der Waals surface area contributed by atoms with E-state index in [9.17, 15) is 9.59 Å². The Labute approximate surface area is 52.1 Å². The van der Waals surface area contributed by atoms with E-state index < -0.39 is 5.91 Å². The SMILES string of the molecule is CC(=O)NOCC(N)=O. The molecule has 0 aromatic carbocycles. The van der Waals surface area contributed by atoms with Crippen LogP contribution in [0.3, 0.4) is 0 Å². The van der Waals surface area contributed by atoms with Gasteiger partial charge in [-0.2, -0.15) is 0 Å². The lowest BCUT2D eigenvalue weighted by Gasteiger charge is -1.97. The number of hydrogen-bond acceptors (Lipinski definition) is 3. The minimum absolute atomic E-state index is 0.292. The molecule has 5 heteroatoms. The molecule has 0 atom stereocenters. The quantitative estimate of drug-likeness (QED) is 0.460. The Morgan fingerprint density at radius 1 is 1.67 bits per heavy atom. The highest BCUT2D eigenvalue weighted by atomic mass is 16.7. The Bertz CT molecular complexity index is 109. The topological polar surface area (TPSA) is 81.4 Å². The minimum atomic E-state index is -0.622. The van der Waals surface area contributed by atoms with Crippen LogP contribution in [0.1, 0.15) is 6.92 Å². The van der Waals surface area contributed by atoms with Crippen molar-refractivity contribution < 1.29 is 14.4 Å². The van der Waals surface area contributed by atoms with Gasteiger partial charge in [-0.25, -0.2) is 5.48 Å². The number of rotatable bonds is 3. The summed E-state index contributed by atoms with van der Waals surface area (Å²) in [6.07, 6.45) is 0. The van der Waals surface area contributed by atoms with E-state index >= 15 is 0 Å². The van der Waals surface area contributed by atoms with E-state index in [2.05, 4.69) is 10.6 Å². The number of primary amides is 1. The molecule has 52 valence electrons. The van der Waals surface area contributed by atoms with Crippen LogP contribution < -0.4 is 11.2 Å². The van der Waals surface area contributed by atoms with Crippen LogP contribution in [0.5, 0.6) is 0 Å². The molecule has 0 heterocycles. The number of amides is 2. The summed E-state index contributed by atoms with van der Waals surface area (Å²) in [6.45, 7) is 0.973. The van der Waals surface area contributed by atoms with Crippen LogP contribution in [0.4, 0.5) is 0 Å². The highest BCUT2D eigenvalue weighted by Gasteiger charge is 1.93. The Morgan fingerprint density at radius 3 is 2.56 bits per heavy atom. The lowest BCUT2D eigenvalue weighted by Crippen LogP contribution is -2.27. The smallest absolute Gasteiger partial charge is 0.246 e. The lowest BCUT2D eigenvalue weighted by atomic mass is 10.7. The van der Waals surface area contributed by atoms with Gasteiger partial charge in [0.25, 0.3) is 0 Å². The van der Waals surface area contributed by atoms with Crippen LogP contribution in [0, 0.1) is 0 Å². The molecule has 3 N–H and O–H groups in total. The van der Waals surface area contributed by atoms with E-state index in [0.717, 1.165) is 0 Å². The molecule has 0 fully saturated rings. The Kier molecular flexibility index (Phi) is 3.38. The first-order valence-electron chi connectivity index (χ1n) is 2.29. The van der Waals surface area contributed by atoms with E-state index in [0.29, 0.717) is 0 Å². The van der Waals surface area contributed by atoms with Crippen LogP contribution in [0.2, 0.25) is 0 Å². The van der Waals surface area contributed by atoms with Crippen molar-refractivity contribution in [3.63, 3.8) is 0 Å². The first kappa shape index (κ1) is 7.90. The zero-order valence-electron chi connectivity index (χ0n) is 5.01.